The average Bonchev–Trinajstić information content (AvgIpc) is 3.46. The molecule has 3 rings (SSSR count). The second-order valence-electron chi connectivity index (χ2n) is 6.75. The Morgan fingerprint density at radius 1 is 1.20 bits per heavy atom. The van der Waals surface area contributed by atoms with Gasteiger partial charge < -0.3 is 24.4 Å². The van der Waals surface area contributed by atoms with Crippen LogP contribution >= 0.6 is 0 Å². The maximum Gasteiger partial charge on any atom is 0.317 e. The molecule has 1 fully saturated rings. The lowest BCUT2D eigenvalue weighted by Gasteiger charge is -2.29. The number of nitrogens with one attached hydrogen (secondary N) is 1. The number of nitrogens with zero attached hydrogens (tertiary/aromatic N) is 1. The van der Waals surface area contributed by atoms with Crippen molar-refractivity contribution in [1.29, 1.82) is 0 Å². The Labute approximate surface area is 149 Å². The van der Waals surface area contributed by atoms with Crippen LogP contribution in [0.2, 0.25) is 0 Å². The quantitative estimate of drug-likeness (QED) is 0.734. The molecule has 6 nitrogen and oxygen atoms in total. The van der Waals surface area contributed by atoms with Crippen molar-refractivity contribution in [2.75, 3.05) is 40.5 Å². The topological polar surface area (TPSA) is 60.0 Å². The zero-order valence-corrected chi connectivity index (χ0v) is 15.2. The monoisotopic (exact) mass is 348 g/mol. The molecule has 2 aliphatic rings. The minimum atomic E-state index is -0.0115. The van der Waals surface area contributed by atoms with Crippen LogP contribution < -0.4 is 14.8 Å². The van der Waals surface area contributed by atoms with E-state index in [0.29, 0.717) is 25.4 Å². The van der Waals surface area contributed by atoms with Gasteiger partial charge in [-0.15, -0.1) is 0 Å². The summed E-state index contributed by atoms with van der Waals surface area (Å²) in [4.78, 5) is 14.2. The minimum Gasteiger partial charge on any atom is -0.493 e. The van der Waals surface area contributed by atoms with Crippen molar-refractivity contribution in [2.24, 2.45) is 5.92 Å². The van der Waals surface area contributed by atoms with Crippen LogP contribution in [-0.4, -0.2) is 51.5 Å². The minimum absolute atomic E-state index is 0.0115. The van der Waals surface area contributed by atoms with Crippen LogP contribution in [-0.2, 0) is 17.7 Å². The Kier molecular flexibility index (Phi) is 6.02. The van der Waals surface area contributed by atoms with Crippen molar-refractivity contribution in [3.8, 4) is 11.5 Å². The molecule has 25 heavy (non-hydrogen) atoms. The highest BCUT2D eigenvalue weighted by atomic mass is 16.5. The summed E-state index contributed by atoms with van der Waals surface area (Å²) in [6, 6.07) is 3.97. The van der Waals surface area contributed by atoms with E-state index in [-0.39, 0.29) is 6.03 Å². The number of hydrogen-bond donors (Lipinski definition) is 1. The van der Waals surface area contributed by atoms with E-state index in [2.05, 4.69) is 5.32 Å². The van der Waals surface area contributed by atoms with Crippen LogP contribution in [0, 0.1) is 5.92 Å². The number of methoxy groups -OCH3 is 2. The summed E-state index contributed by atoms with van der Waals surface area (Å²) in [7, 11) is 3.27. The van der Waals surface area contributed by atoms with Gasteiger partial charge in [-0.05, 0) is 54.9 Å². The second kappa shape index (κ2) is 8.43. The Balaban J connectivity index is 1.45. The van der Waals surface area contributed by atoms with Crippen LogP contribution in [0.1, 0.15) is 30.4 Å². The number of rotatable bonds is 8. The fraction of sp³-hybridized carbons (Fsp3) is 0.632. The van der Waals surface area contributed by atoms with E-state index in [1.807, 2.05) is 17.0 Å². The number of hydrogen-bond acceptors (Lipinski definition) is 4. The standard InChI is InChI=1S/C19H28N2O4/c1-23-17-10-15-6-8-21(12-16(15)11-18(17)24-2)19(22)20-7-3-9-25-13-14-4-5-14/h10-11,14H,3-9,12-13H2,1-2H3,(H,20,22). The Bertz CT molecular complexity index is 601. The molecule has 1 aromatic carbocycles. The molecule has 2 amide bonds. The smallest absolute Gasteiger partial charge is 0.317 e. The van der Waals surface area contributed by atoms with Gasteiger partial charge in [0.05, 0.1) is 14.2 Å². The number of carbonyl (C=O) groups excluding carboxylic acids is 1. The maximum atomic E-state index is 12.4. The summed E-state index contributed by atoms with van der Waals surface area (Å²) in [6.45, 7) is 3.56. The Morgan fingerprint density at radius 2 is 1.92 bits per heavy atom. The van der Waals surface area contributed by atoms with Gasteiger partial charge in [-0.25, -0.2) is 4.79 Å². The lowest BCUT2D eigenvalue weighted by molar-refractivity contribution is 0.121. The molecule has 0 unspecified atom stereocenters. The molecule has 0 aromatic heterocycles. The van der Waals surface area contributed by atoms with E-state index >= 15 is 0 Å². The molecule has 0 radical (unpaired) electrons. The number of ether oxygens (including phenoxy) is 3. The van der Waals surface area contributed by atoms with E-state index < -0.39 is 0 Å². The third-order valence-corrected chi connectivity index (χ3v) is 4.80. The van der Waals surface area contributed by atoms with Gasteiger partial charge in [-0.3, -0.25) is 0 Å². The van der Waals surface area contributed by atoms with Gasteiger partial charge in [0.1, 0.15) is 0 Å². The molecular weight excluding hydrogens is 320 g/mol. The highest BCUT2D eigenvalue weighted by molar-refractivity contribution is 5.74. The van der Waals surface area contributed by atoms with Gasteiger partial charge >= 0.3 is 6.03 Å². The van der Waals surface area contributed by atoms with Gasteiger partial charge in [-0.2, -0.15) is 0 Å². The average molecular weight is 348 g/mol. The van der Waals surface area contributed by atoms with E-state index in [9.17, 15) is 4.79 Å². The van der Waals surface area contributed by atoms with Crippen LogP contribution in [0.4, 0.5) is 4.79 Å². The molecule has 138 valence electrons. The summed E-state index contributed by atoms with van der Waals surface area (Å²) in [6.07, 6.45) is 4.30. The fourth-order valence-electron chi connectivity index (χ4n) is 3.07. The van der Waals surface area contributed by atoms with Crippen LogP contribution in [0.3, 0.4) is 0 Å². The van der Waals surface area contributed by atoms with Crippen molar-refractivity contribution < 1.29 is 19.0 Å². The molecule has 1 aliphatic carbocycles. The lowest BCUT2D eigenvalue weighted by Crippen LogP contribution is -2.43. The SMILES string of the molecule is COc1cc2c(cc1OC)CN(C(=O)NCCCOCC1CC1)CC2. The van der Waals surface area contributed by atoms with Gasteiger partial charge in [0.2, 0.25) is 0 Å². The highest BCUT2D eigenvalue weighted by Gasteiger charge is 2.23. The third kappa shape index (κ3) is 4.78. The molecular formula is C19H28N2O4. The largest absolute Gasteiger partial charge is 0.493 e. The Morgan fingerprint density at radius 3 is 2.60 bits per heavy atom. The number of fused-ring (bicyclic) bond motifs is 1. The zero-order chi connectivity index (χ0) is 17.6. The number of benzene rings is 1. The van der Waals surface area contributed by atoms with Crippen LogP contribution in [0.5, 0.6) is 11.5 Å². The van der Waals surface area contributed by atoms with Crippen molar-refractivity contribution in [3.05, 3.63) is 23.3 Å². The molecule has 1 aromatic rings. The molecule has 0 spiro atoms. The van der Waals surface area contributed by atoms with Gasteiger partial charge in [-0.1, -0.05) is 0 Å². The van der Waals surface area contributed by atoms with Gasteiger partial charge in [0.15, 0.2) is 11.5 Å². The van der Waals surface area contributed by atoms with Gasteiger partial charge in [0, 0.05) is 32.8 Å². The highest BCUT2D eigenvalue weighted by Crippen LogP contribution is 2.33. The summed E-state index contributed by atoms with van der Waals surface area (Å²) < 4.78 is 16.3. The summed E-state index contributed by atoms with van der Waals surface area (Å²) in [5.74, 6) is 2.24. The predicted octanol–water partition coefficient (Wildman–Crippen LogP) is 2.59. The maximum absolute atomic E-state index is 12.4. The van der Waals surface area contributed by atoms with Crippen molar-refractivity contribution >= 4 is 6.03 Å². The zero-order valence-electron chi connectivity index (χ0n) is 15.2. The fourth-order valence-corrected chi connectivity index (χ4v) is 3.07. The molecule has 6 heteroatoms. The summed E-state index contributed by atoms with van der Waals surface area (Å²) in [5, 5.41) is 2.99. The third-order valence-electron chi connectivity index (χ3n) is 4.80. The first-order valence-electron chi connectivity index (χ1n) is 9.05. The molecule has 1 aliphatic heterocycles. The molecule has 1 N–H and O–H groups in total. The second-order valence-corrected chi connectivity index (χ2v) is 6.75. The van der Waals surface area contributed by atoms with Crippen LogP contribution in [0.25, 0.3) is 0 Å². The Hall–Kier alpha value is -1.95. The normalized spacial score (nSPS) is 16.3. The van der Waals surface area contributed by atoms with E-state index in [4.69, 9.17) is 14.2 Å². The van der Waals surface area contributed by atoms with Crippen LogP contribution in [0.15, 0.2) is 12.1 Å². The van der Waals surface area contributed by atoms with Crippen molar-refractivity contribution in [3.63, 3.8) is 0 Å². The van der Waals surface area contributed by atoms with Crippen molar-refractivity contribution in [2.45, 2.75) is 32.2 Å². The lowest BCUT2D eigenvalue weighted by atomic mass is 9.99. The predicted molar refractivity (Wildman–Crippen MR) is 95.2 cm³/mol. The van der Waals surface area contributed by atoms with E-state index in [1.165, 1.54) is 18.4 Å². The van der Waals surface area contributed by atoms with Gasteiger partial charge in [0.25, 0.3) is 0 Å². The molecule has 0 atom stereocenters. The molecule has 0 saturated heterocycles. The molecule has 1 saturated carbocycles. The molecule has 1 heterocycles. The number of urea groups is 1. The summed E-state index contributed by atoms with van der Waals surface area (Å²) >= 11 is 0. The first kappa shape index (κ1) is 17.9. The van der Waals surface area contributed by atoms with Crippen molar-refractivity contribution in [1.82, 2.24) is 10.2 Å². The first-order chi connectivity index (χ1) is 12.2. The number of carbonyl (C=O) groups is 1. The molecule has 0 bridgehead atoms. The van der Waals surface area contributed by atoms with E-state index in [0.717, 1.165) is 43.3 Å². The first-order valence-corrected chi connectivity index (χ1v) is 9.05. The van der Waals surface area contributed by atoms with E-state index in [1.54, 1.807) is 14.2 Å². The summed E-state index contributed by atoms with van der Waals surface area (Å²) in [5.41, 5.74) is 2.34. The number of amides is 2.